The van der Waals surface area contributed by atoms with Gasteiger partial charge in [0.25, 0.3) is 5.91 Å². The van der Waals surface area contributed by atoms with E-state index in [1.807, 2.05) is 6.07 Å². The zero-order valence-corrected chi connectivity index (χ0v) is 12.8. The summed E-state index contributed by atoms with van der Waals surface area (Å²) in [6.07, 6.45) is -3.54. The van der Waals surface area contributed by atoms with E-state index >= 15 is 0 Å². The summed E-state index contributed by atoms with van der Waals surface area (Å²) in [5.41, 5.74) is 1.13. The van der Waals surface area contributed by atoms with Crippen molar-refractivity contribution >= 4 is 17.4 Å². The third-order valence-electron chi connectivity index (χ3n) is 3.60. The van der Waals surface area contributed by atoms with Gasteiger partial charge in [0.1, 0.15) is 5.75 Å². The number of anilines is 1. The van der Waals surface area contributed by atoms with Crippen LogP contribution < -0.4 is 9.64 Å². The number of hydrogen-bond acceptors (Lipinski definition) is 3. The first-order chi connectivity index (χ1) is 11.8. The molecule has 7 heteroatoms. The lowest BCUT2D eigenvalue weighted by Gasteiger charge is -2.16. The minimum Gasteiger partial charge on any atom is -0.406 e. The number of ketones is 1. The van der Waals surface area contributed by atoms with Crippen LogP contribution >= 0.6 is 0 Å². The Bertz CT molecular complexity index is 827. The van der Waals surface area contributed by atoms with E-state index in [1.54, 1.807) is 24.3 Å². The van der Waals surface area contributed by atoms with E-state index in [0.717, 1.165) is 12.1 Å². The molecule has 0 aliphatic carbocycles. The molecule has 1 heterocycles. The predicted octanol–water partition coefficient (Wildman–Crippen LogP) is 3.74. The number of amides is 1. The van der Waals surface area contributed by atoms with Crippen molar-refractivity contribution < 1.29 is 27.5 Å². The average Bonchev–Trinajstić information content (AvgIpc) is 2.96. The molecule has 1 aliphatic heterocycles. The van der Waals surface area contributed by atoms with Gasteiger partial charge in [0.05, 0.1) is 6.54 Å². The summed E-state index contributed by atoms with van der Waals surface area (Å²) >= 11 is 0. The molecule has 0 radical (unpaired) electrons. The molecule has 128 valence electrons. The van der Waals surface area contributed by atoms with Crippen molar-refractivity contribution in [2.75, 3.05) is 11.4 Å². The second-order valence-corrected chi connectivity index (χ2v) is 5.33. The minimum absolute atomic E-state index is 0.114. The Morgan fingerprint density at radius 2 is 1.64 bits per heavy atom. The Morgan fingerprint density at radius 3 is 2.24 bits per heavy atom. The second kappa shape index (κ2) is 6.43. The molecule has 3 rings (SSSR count). The number of carbonyl (C=O) groups is 2. The van der Waals surface area contributed by atoms with E-state index in [0.29, 0.717) is 5.69 Å². The average molecular weight is 347 g/mol. The highest BCUT2D eigenvalue weighted by molar-refractivity contribution is 6.18. The maximum atomic E-state index is 12.5. The first-order valence-corrected chi connectivity index (χ1v) is 7.31. The molecule has 0 spiro atoms. The second-order valence-electron chi connectivity index (χ2n) is 5.33. The summed E-state index contributed by atoms with van der Waals surface area (Å²) in [5, 5.41) is 0. The van der Waals surface area contributed by atoms with E-state index in [2.05, 4.69) is 4.74 Å². The molecule has 1 aliphatic rings. The number of rotatable bonds is 4. The number of ether oxygens (including phenoxy) is 1. The van der Waals surface area contributed by atoms with Crippen molar-refractivity contribution in [3.05, 3.63) is 71.8 Å². The molecule has 4 nitrogen and oxygen atoms in total. The highest BCUT2D eigenvalue weighted by Crippen LogP contribution is 2.25. The molecule has 0 aromatic heterocycles. The maximum Gasteiger partial charge on any atom is 0.573 e. The van der Waals surface area contributed by atoms with Gasteiger partial charge in [0.15, 0.2) is 5.78 Å². The molecule has 25 heavy (non-hydrogen) atoms. The van der Waals surface area contributed by atoms with E-state index in [-0.39, 0.29) is 23.6 Å². The van der Waals surface area contributed by atoms with Crippen LogP contribution in [-0.4, -0.2) is 24.6 Å². The van der Waals surface area contributed by atoms with Crippen LogP contribution in [0.4, 0.5) is 18.9 Å². The quantitative estimate of drug-likeness (QED) is 0.792. The number of halogens is 3. The lowest BCUT2D eigenvalue weighted by molar-refractivity contribution is -0.274. The van der Waals surface area contributed by atoms with E-state index in [1.165, 1.54) is 23.1 Å². The number of para-hydroxylation sites is 1. The third kappa shape index (κ3) is 3.88. The molecule has 0 saturated heterocycles. The van der Waals surface area contributed by atoms with Crippen molar-refractivity contribution in [1.82, 2.24) is 0 Å². The Hall–Kier alpha value is -3.09. The van der Waals surface area contributed by atoms with Crippen molar-refractivity contribution in [2.45, 2.75) is 6.36 Å². The minimum atomic E-state index is -4.79. The molecule has 2 aromatic rings. The summed E-state index contributed by atoms with van der Waals surface area (Å²) in [5.74, 6) is -1.14. The van der Waals surface area contributed by atoms with Crippen LogP contribution in [0.2, 0.25) is 0 Å². The monoisotopic (exact) mass is 347 g/mol. The lowest BCUT2D eigenvalue weighted by atomic mass is 10.0. The fraction of sp³-hybridized carbons (Fsp3) is 0.111. The number of nitrogens with zero attached hydrogens (tertiary/aromatic N) is 1. The summed E-state index contributed by atoms with van der Waals surface area (Å²) in [6, 6.07) is 13.5. The fourth-order valence-electron chi connectivity index (χ4n) is 2.48. The molecule has 0 saturated carbocycles. The van der Waals surface area contributed by atoms with Crippen LogP contribution in [0.1, 0.15) is 10.4 Å². The summed E-state index contributed by atoms with van der Waals surface area (Å²) < 4.78 is 40.2. The Labute approximate surface area is 141 Å². The predicted molar refractivity (Wildman–Crippen MR) is 84.3 cm³/mol. The summed E-state index contributed by atoms with van der Waals surface area (Å²) in [7, 11) is 0. The van der Waals surface area contributed by atoms with Gasteiger partial charge in [0.2, 0.25) is 0 Å². The molecule has 1 amide bonds. The van der Waals surface area contributed by atoms with Gasteiger partial charge >= 0.3 is 6.36 Å². The smallest absolute Gasteiger partial charge is 0.406 e. The van der Waals surface area contributed by atoms with Crippen molar-refractivity contribution in [1.29, 1.82) is 0 Å². The van der Waals surface area contributed by atoms with E-state index in [9.17, 15) is 22.8 Å². The Balaban J connectivity index is 1.73. The number of alkyl halides is 3. The molecule has 0 bridgehead atoms. The van der Waals surface area contributed by atoms with Crippen LogP contribution in [0.5, 0.6) is 5.75 Å². The molecule has 0 fully saturated rings. The standard InChI is InChI=1S/C18H12F3NO3/c19-18(20,21)25-15-8-6-12(7-9-15)17(24)13-10-16(23)22(11-13)14-4-2-1-3-5-14/h1-10H,11H2. The third-order valence-corrected chi connectivity index (χ3v) is 3.60. The van der Waals surface area contributed by atoms with Crippen molar-refractivity contribution in [3.8, 4) is 5.75 Å². The zero-order chi connectivity index (χ0) is 18.0. The first-order valence-electron chi connectivity index (χ1n) is 7.31. The van der Waals surface area contributed by atoms with Gasteiger partial charge in [-0.15, -0.1) is 13.2 Å². The topological polar surface area (TPSA) is 46.6 Å². The van der Waals surface area contributed by atoms with Gasteiger partial charge in [-0.05, 0) is 36.4 Å². The van der Waals surface area contributed by atoms with E-state index in [4.69, 9.17) is 0 Å². The highest BCUT2D eigenvalue weighted by Gasteiger charge is 2.31. The van der Waals surface area contributed by atoms with Gasteiger partial charge in [-0.1, -0.05) is 18.2 Å². The number of carbonyl (C=O) groups excluding carboxylic acids is 2. The largest absolute Gasteiger partial charge is 0.573 e. The number of benzene rings is 2. The van der Waals surface area contributed by atoms with Crippen LogP contribution in [0.3, 0.4) is 0 Å². The number of hydrogen-bond donors (Lipinski definition) is 0. The van der Waals surface area contributed by atoms with Crippen molar-refractivity contribution in [2.24, 2.45) is 0 Å². The van der Waals surface area contributed by atoms with Crippen LogP contribution in [-0.2, 0) is 4.79 Å². The Morgan fingerprint density at radius 1 is 1.00 bits per heavy atom. The summed E-state index contributed by atoms with van der Waals surface area (Å²) in [6.45, 7) is 0.114. The highest BCUT2D eigenvalue weighted by atomic mass is 19.4. The van der Waals surface area contributed by atoms with Gasteiger partial charge in [-0.25, -0.2) is 0 Å². The first kappa shape index (κ1) is 16.8. The van der Waals surface area contributed by atoms with Gasteiger partial charge < -0.3 is 9.64 Å². The Kier molecular flexibility index (Phi) is 4.31. The van der Waals surface area contributed by atoms with Gasteiger partial charge in [-0.2, -0.15) is 0 Å². The molecular formula is C18H12F3NO3. The summed E-state index contributed by atoms with van der Waals surface area (Å²) in [4.78, 5) is 26.0. The molecule has 0 N–H and O–H groups in total. The van der Waals surface area contributed by atoms with Crippen LogP contribution in [0, 0.1) is 0 Å². The zero-order valence-electron chi connectivity index (χ0n) is 12.8. The molecular weight excluding hydrogens is 335 g/mol. The van der Waals surface area contributed by atoms with Crippen LogP contribution in [0.15, 0.2) is 66.2 Å². The van der Waals surface area contributed by atoms with Crippen molar-refractivity contribution in [3.63, 3.8) is 0 Å². The number of Topliss-reactive ketones (excluding diaryl/α,β-unsaturated/α-hetero) is 1. The SMILES string of the molecule is O=C(C1=CC(=O)N(c2ccccc2)C1)c1ccc(OC(F)(F)F)cc1. The fourth-order valence-corrected chi connectivity index (χ4v) is 2.48. The normalized spacial score (nSPS) is 14.4. The van der Waals surface area contributed by atoms with E-state index < -0.39 is 17.9 Å². The van der Waals surface area contributed by atoms with Gasteiger partial charge in [-0.3, -0.25) is 9.59 Å². The van der Waals surface area contributed by atoms with Gasteiger partial charge in [0, 0.05) is 22.9 Å². The lowest BCUT2D eigenvalue weighted by Crippen LogP contribution is -2.26. The molecule has 2 aromatic carbocycles. The molecule has 0 unspecified atom stereocenters. The molecule has 0 atom stereocenters. The van der Waals surface area contributed by atoms with Crippen LogP contribution in [0.25, 0.3) is 0 Å². The maximum absolute atomic E-state index is 12.5.